The number of rotatable bonds is 6. The van der Waals surface area contributed by atoms with Crippen LogP contribution < -0.4 is 10.1 Å². The largest absolute Gasteiger partial charge is 0.497 e. The SMILES string of the molecule is COc1ccc(CCNC(=O)c2cnc(C3CC3)nc2)cc1. The Morgan fingerprint density at radius 2 is 1.91 bits per heavy atom. The topological polar surface area (TPSA) is 64.1 Å². The monoisotopic (exact) mass is 297 g/mol. The summed E-state index contributed by atoms with van der Waals surface area (Å²) >= 11 is 0. The van der Waals surface area contributed by atoms with Gasteiger partial charge in [-0.3, -0.25) is 4.79 Å². The molecule has 0 bridgehead atoms. The first kappa shape index (κ1) is 14.5. The van der Waals surface area contributed by atoms with Gasteiger partial charge in [0.2, 0.25) is 0 Å². The Morgan fingerprint density at radius 1 is 1.23 bits per heavy atom. The minimum Gasteiger partial charge on any atom is -0.497 e. The number of methoxy groups -OCH3 is 1. The zero-order chi connectivity index (χ0) is 15.4. The highest BCUT2D eigenvalue weighted by Crippen LogP contribution is 2.37. The maximum Gasteiger partial charge on any atom is 0.254 e. The molecule has 1 aliphatic carbocycles. The number of carbonyl (C=O) groups is 1. The molecule has 22 heavy (non-hydrogen) atoms. The van der Waals surface area contributed by atoms with E-state index in [1.165, 1.54) is 0 Å². The summed E-state index contributed by atoms with van der Waals surface area (Å²) in [6.07, 6.45) is 6.32. The summed E-state index contributed by atoms with van der Waals surface area (Å²) in [6, 6.07) is 7.83. The van der Waals surface area contributed by atoms with Crippen LogP contribution in [0.5, 0.6) is 5.75 Å². The van der Waals surface area contributed by atoms with Gasteiger partial charge in [0.25, 0.3) is 5.91 Å². The van der Waals surface area contributed by atoms with Crippen molar-refractivity contribution in [3.05, 3.63) is 53.6 Å². The Morgan fingerprint density at radius 3 is 2.50 bits per heavy atom. The third-order valence-electron chi connectivity index (χ3n) is 3.73. The average molecular weight is 297 g/mol. The molecule has 1 aromatic carbocycles. The van der Waals surface area contributed by atoms with Gasteiger partial charge < -0.3 is 10.1 Å². The van der Waals surface area contributed by atoms with Gasteiger partial charge in [0, 0.05) is 24.9 Å². The molecule has 0 atom stereocenters. The molecule has 1 heterocycles. The smallest absolute Gasteiger partial charge is 0.254 e. The van der Waals surface area contributed by atoms with Crippen molar-refractivity contribution in [1.29, 1.82) is 0 Å². The van der Waals surface area contributed by atoms with Crippen LogP contribution in [0.25, 0.3) is 0 Å². The lowest BCUT2D eigenvalue weighted by Gasteiger charge is -2.06. The van der Waals surface area contributed by atoms with Gasteiger partial charge in [0.05, 0.1) is 12.7 Å². The van der Waals surface area contributed by atoms with Gasteiger partial charge >= 0.3 is 0 Å². The molecule has 1 aliphatic rings. The summed E-state index contributed by atoms with van der Waals surface area (Å²) in [7, 11) is 1.64. The molecule has 1 saturated carbocycles. The summed E-state index contributed by atoms with van der Waals surface area (Å²) < 4.78 is 5.12. The van der Waals surface area contributed by atoms with E-state index in [0.29, 0.717) is 18.0 Å². The second kappa shape index (κ2) is 6.56. The van der Waals surface area contributed by atoms with Crippen LogP contribution in [-0.4, -0.2) is 29.5 Å². The Bertz CT molecular complexity index is 634. The number of benzene rings is 1. The van der Waals surface area contributed by atoms with Crippen molar-refractivity contribution in [3.63, 3.8) is 0 Å². The first-order valence-electron chi connectivity index (χ1n) is 7.49. The summed E-state index contributed by atoms with van der Waals surface area (Å²) in [5.74, 6) is 2.07. The standard InChI is InChI=1S/C17H19N3O2/c1-22-15-6-2-12(3-7-15)8-9-18-17(21)14-10-19-16(20-11-14)13-4-5-13/h2-3,6-7,10-11,13H,4-5,8-9H2,1H3,(H,18,21). The molecular formula is C17H19N3O2. The third kappa shape index (κ3) is 3.61. The van der Waals surface area contributed by atoms with Crippen LogP contribution in [0.4, 0.5) is 0 Å². The van der Waals surface area contributed by atoms with Crippen LogP contribution in [0.3, 0.4) is 0 Å². The van der Waals surface area contributed by atoms with Gasteiger partial charge in [-0.05, 0) is 37.0 Å². The Labute approximate surface area is 129 Å². The van der Waals surface area contributed by atoms with Crippen LogP contribution >= 0.6 is 0 Å². The highest BCUT2D eigenvalue weighted by molar-refractivity contribution is 5.93. The van der Waals surface area contributed by atoms with E-state index in [0.717, 1.165) is 36.4 Å². The number of nitrogens with zero attached hydrogens (tertiary/aromatic N) is 2. The molecule has 0 saturated heterocycles. The highest BCUT2D eigenvalue weighted by atomic mass is 16.5. The van der Waals surface area contributed by atoms with Gasteiger partial charge in [0.1, 0.15) is 11.6 Å². The lowest BCUT2D eigenvalue weighted by atomic mass is 10.1. The van der Waals surface area contributed by atoms with Crippen molar-refractivity contribution in [1.82, 2.24) is 15.3 Å². The van der Waals surface area contributed by atoms with Crippen molar-refractivity contribution < 1.29 is 9.53 Å². The number of nitrogens with one attached hydrogen (secondary N) is 1. The molecular weight excluding hydrogens is 278 g/mol. The molecule has 3 rings (SSSR count). The summed E-state index contributed by atoms with van der Waals surface area (Å²) in [5, 5.41) is 2.89. The Kier molecular flexibility index (Phi) is 4.32. The van der Waals surface area contributed by atoms with Gasteiger partial charge in [-0.1, -0.05) is 12.1 Å². The molecule has 1 N–H and O–H groups in total. The van der Waals surface area contributed by atoms with E-state index in [1.807, 2.05) is 24.3 Å². The van der Waals surface area contributed by atoms with Gasteiger partial charge in [-0.15, -0.1) is 0 Å². The second-order valence-electron chi connectivity index (χ2n) is 5.46. The number of ether oxygens (including phenoxy) is 1. The van der Waals surface area contributed by atoms with Crippen molar-refractivity contribution in [2.75, 3.05) is 13.7 Å². The minimum atomic E-state index is -0.129. The molecule has 114 valence electrons. The lowest BCUT2D eigenvalue weighted by Crippen LogP contribution is -2.26. The van der Waals surface area contributed by atoms with Crippen LogP contribution in [0, 0.1) is 0 Å². The van der Waals surface area contributed by atoms with Gasteiger partial charge in [-0.25, -0.2) is 9.97 Å². The molecule has 5 heteroatoms. The fourth-order valence-corrected chi connectivity index (χ4v) is 2.22. The predicted octanol–water partition coefficient (Wildman–Crippen LogP) is 2.34. The summed E-state index contributed by atoms with van der Waals surface area (Å²) in [4.78, 5) is 20.5. The first-order chi connectivity index (χ1) is 10.8. The van der Waals surface area contributed by atoms with Crippen LogP contribution in [0.1, 0.15) is 40.5 Å². The number of hydrogen-bond donors (Lipinski definition) is 1. The minimum absolute atomic E-state index is 0.129. The number of hydrogen-bond acceptors (Lipinski definition) is 4. The zero-order valence-electron chi connectivity index (χ0n) is 12.6. The summed E-state index contributed by atoms with van der Waals surface area (Å²) in [6.45, 7) is 0.579. The fraction of sp³-hybridized carbons (Fsp3) is 0.353. The molecule has 1 amide bonds. The molecule has 0 radical (unpaired) electrons. The Hall–Kier alpha value is -2.43. The maximum atomic E-state index is 12.0. The van der Waals surface area contributed by atoms with E-state index in [1.54, 1.807) is 19.5 Å². The molecule has 5 nitrogen and oxygen atoms in total. The summed E-state index contributed by atoms with van der Waals surface area (Å²) in [5.41, 5.74) is 1.67. The normalized spacial score (nSPS) is 13.7. The average Bonchev–Trinajstić information content (AvgIpc) is 3.40. The van der Waals surface area contributed by atoms with Crippen LogP contribution in [0.2, 0.25) is 0 Å². The van der Waals surface area contributed by atoms with Crippen LogP contribution in [-0.2, 0) is 6.42 Å². The number of aromatic nitrogens is 2. The van der Waals surface area contributed by atoms with Gasteiger partial charge in [0.15, 0.2) is 0 Å². The maximum absolute atomic E-state index is 12.0. The van der Waals surface area contributed by atoms with Gasteiger partial charge in [-0.2, -0.15) is 0 Å². The third-order valence-corrected chi connectivity index (χ3v) is 3.73. The number of amides is 1. The van der Waals surface area contributed by atoms with E-state index < -0.39 is 0 Å². The van der Waals surface area contributed by atoms with E-state index in [9.17, 15) is 4.79 Å². The van der Waals surface area contributed by atoms with E-state index in [-0.39, 0.29) is 5.91 Å². The van der Waals surface area contributed by atoms with Crippen molar-refractivity contribution in [2.45, 2.75) is 25.2 Å². The molecule has 0 unspecified atom stereocenters. The quantitative estimate of drug-likeness (QED) is 0.889. The lowest BCUT2D eigenvalue weighted by molar-refractivity contribution is 0.0953. The van der Waals surface area contributed by atoms with E-state index in [2.05, 4.69) is 15.3 Å². The molecule has 2 aromatic rings. The first-order valence-corrected chi connectivity index (χ1v) is 7.49. The van der Waals surface area contributed by atoms with Crippen molar-refractivity contribution in [2.24, 2.45) is 0 Å². The van der Waals surface area contributed by atoms with Crippen molar-refractivity contribution in [3.8, 4) is 5.75 Å². The zero-order valence-corrected chi connectivity index (χ0v) is 12.6. The number of carbonyl (C=O) groups excluding carboxylic acids is 1. The highest BCUT2D eigenvalue weighted by Gasteiger charge is 2.26. The van der Waals surface area contributed by atoms with E-state index in [4.69, 9.17) is 4.74 Å². The second-order valence-corrected chi connectivity index (χ2v) is 5.46. The molecule has 1 fully saturated rings. The predicted molar refractivity (Wildman–Crippen MR) is 83.0 cm³/mol. The van der Waals surface area contributed by atoms with E-state index >= 15 is 0 Å². The fourth-order valence-electron chi connectivity index (χ4n) is 2.22. The molecule has 1 aromatic heterocycles. The molecule has 0 spiro atoms. The molecule has 0 aliphatic heterocycles. The Balaban J connectivity index is 1.48. The van der Waals surface area contributed by atoms with Crippen LogP contribution in [0.15, 0.2) is 36.7 Å². The van der Waals surface area contributed by atoms with Crippen molar-refractivity contribution >= 4 is 5.91 Å².